The van der Waals surface area contributed by atoms with Crippen LogP contribution in [-0.2, 0) is 0 Å². The van der Waals surface area contributed by atoms with Gasteiger partial charge in [-0.05, 0) is 49.5 Å². The molecular formula is C21H28N4O3. The summed E-state index contributed by atoms with van der Waals surface area (Å²) < 4.78 is 1.09. The van der Waals surface area contributed by atoms with E-state index in [4.69, 9.17) is 0 Å². The lowest BCUT2D eigenvalue weighted by molar-refractivity contribution is 0.235. The molecule has 3 rings (SSSR count). The predicted octanol–water partition coefficient (Wildman–Crippen LogP) is 2.26. The lowest BCUT2D eigenvalue weighted by Gasteiger charge is -2.25. The van der Waals surface area contributed by atoms with Gasteiger partial charge in [-0.25, -0.2) is 9.36 Å². The van der Waals surface area contributed by atoms with Crippen LogP contribution in [0.2, 0.25) is 0 Å². The van der Waals surface area contributed by atoms with E-state index in [2.05, 4.69) is 28.7 Å². The summed E-state index contributed by atoms with van der Waals surface area (Å²) in [6.07, 6.45) is 5.06. The van der Waals surface area contributed by atoms with Gasteiger partial charge in [-0.15, -0.1) is 0 Å². The zero-order valence-corrected chi connectivity index (χ0v) is 16.5. The Bertz CT molecular complexity index is 936. The van der Waals surface area contributed by atoms with Gasteiger partial charge in [-0.2, -0.15) is 0 Å². The number of aliphatic imine (C=N–C) groups is 1. The van der Waals surface area contributed by atoms with Gasteiger partial charge in [0.2, 0.25) is 5.88 Å². The van der Waals surface area contributed by atoms with Gasteiger partial charge in [0.15, 0.2) is 0 Å². The summed E-state index contributed by atoms with van der Waals surface area (Å²) in [5.41, 5.74) is 0.294. The Morgan fingerprint density at radius 2 is 1.82 bits per heavy atom. The van der Waals surface area contributed by atoms with Crippen LogP contribution in [0.15, 0.2) is 38.8 Å². The molecular weight excluding hydrogens is 356 g/mol. The van der Waals surface area contributed by atoms with Crippen LogP contribution in [0, 0.1) is 0 Å². The Morgan fingerprint density at radius 3 is 2.46 bits per heavy atom. The molecule has 150 valence electrons. The van der Waals surface area contributed by atoms with Crippen molar-refractivity contribution in [2.24, 2.45) is 4.99 Å². The molecule has 1 saturated heterocycles. The van der Waals surface area contributed by atoms with Crippen molar-refractivity contribution in [1.82, 2.24) is 14.5 Å². The summed E-state index contributed by atoms with van der Waals surface area (Å²) in [5.74, 6) is -0.0367. The summed E-state index contributed by atoms with van der Waals surface area (Å²) in [7, 11) is 0. The number of rotatable bonds is 6. The molecule has 0 bridgehead atoms. The second-order valence-corrected chi connectivity index (χ2v) is 7.52. The second kappa shape index (κ2) is 9.01. The van der Waals surface area contributed by atoms with Gasteiger partial charge in [-0.3, -0.25) is 14.8 Å². The first-order valence-corrected chi connectivity index (χ1v) is 9.88. The van der Waals surface area contributed by atoms with Gasteiger partial charge in [0.1, 0.15) is 5.56 Å². The molecule has 2 heterocycles. The number of H-pyrrole nitrogens is 1. The number of likely N-dealkylation sites (tertiary alicyclic amines) is 1. The summed E-state index contributed by atoms with van der Waals surface area (Å²) in [4.78, 5) is 33.3. The molecule has 0 radical (unpaired) electrons. The fourth-order valence-electron chi connectivity index (χ4n) is 3.44. The average Bonchev–Trinajstić information content (AvgIpc) is 2.68. The molecule has 1 aromatic carbocycles. The number of aromatic nitrogens is 2. The molecule has 7 heteroatoms. The maximum Gasteiger partial charge on any atom is 0.335 e. The molecule has 1 aromatic heterocycles. The number of aromatic amines is 1. The predicted molar refractivity (Wildman–Crippen MR) is 111 cm³/mol. The normalized spacial score (nSPS) is 15.5. The van der Waals surface area contributed by atoms with Crippen molar-refractivity contribution in [3.8, 4) is 11.6 Å². The summed E-state index contributed by atoms with van der Waals surface area (Å²) >= 11 is 0. The molecule has 1 aliphatic heterocycles. The molecule has 0 atom stereocenters. The standard InChI is InChI=1S/C21H28N4O3/c1-15(2)16-6-8-17(9-7-16)25-20(27)18(19(26)23-21(25)28)14-22-10-13-24-11-4-3-5-12-24/h6-9,14-15,27H,3-5,10-13H2,1-2H3,(H,23,26,28). The smallest absolute Gasteiger partial charge is 0.335 e. The number of nitrogens with one attached hydrogen (secondary N) is 1. The van der Waals surface area contributed by atoms with E-state index in [0.717, 1.165) is 29.8 Å². The number of aromatic hydroxyl groups is 1. The van der Waals surface area contributed by atoms with Gasteiger partial charge in [0, 0.05) is 12.8 Å². The first-order valence-electron chi connectivity index (χ1n) is 9.88. The largest absolute Gasteiger partial charge is 0.493 e. The number of piperidine rings is 1. The highest BCUT2D eigenvalue weighted by Gasteiger charge is 2.14. The van der Waals surface area contributed by atoms with E-state index in [0.29, 0.717) is 18.2 Å². The molecule has 1 fully saturated rings. The van der Waals surface area contributed by atoms with E-state index in [1.807, 2.05) is 12.1 Å². The van der Waals surface area contributed by atoms with E-state index >= 15 is 0 Å². The lowest BCUT2D eigenvalue weighted by atomic mass is 10.0. The Labute approximate surface area is 164 Å². The van der Waals surface area contributed by atoms with E-state index < -0.39 is 17.1 Å². The maximum absolute atomic E-state index is 12.3. The number of benzene rings is 1. The van der Waals surface area contributed by atoms with Crippen LogP contribution in [0.3, 0.4) is 0 Å². The minimum Gasteiger partial charge on any atom is -0.493 e. The second-order valence-electron chi connectivity index (χ2n) is 7.52. The fraction of sp³-hybridized carbons (Fsp3) is 0.476. The van der Waals surface area contributed by atoms with Crippen molar-refractivity contribution in [3.63, 3.8) is 0 Å². The van der Waals surface area contributed by atoms with E-state index in [9.17, 15) is 14.7 Å². The van der Waals surface area contributed by atoms with E-state index in [1.54, 1.807) is 12.1 Å². The first kappa shape index (κ1) is 20.1. The lowest BCUT2D eigenvalue weighted by Crippen LogP contribution is -2.32. The van der Waals surface area contributed by atoms with Crippen LogP contribution in [-0.4, -0.2) is 52.0 Å². The third kappa shape index (κ3) is 4.59. The third-order valence-corrected chi connectivity index (χ3v) is 5.15. The highest BCUT2D eigenvalue weighted by Crippen LogP contribution is 2.19. The molecule has 28 heavy (non-hydrogen) atoms. The fourth-order valence-corrected chi connectivity index (χ4v) is 3.44. The zero-order chi connectivity index (χ0) is 20.1. The van der Waals surface area contributed by atoms with Gasteiger partial charge in [-0.1, -0.05) is 32.4 Å². The summed E-state index contributed by atoms with van der Waals surface area (Å²) in [6, 6.07) is 7.32. The minimum absolute atomic E-state index is 0.00817. The minimum atomic E-state index is -0.676. The summed E-state index contributed by atoms with van der Waals surface area (Å²) in [6.45, 7) is 7.69. The number of hydrogen-bond acceptors (Lipinski definition) is 5. The van der Waals surface area contributed by atoms with Gasteiger partial charge in [0.25, 0.3) is 5.56 Å². The topological polar surface area (TPSA) is 90.7 Å². The third-order valence-electron chi connectivity index (χ3n) is 5.15. The first-order chi connectivity index (χ1) is 13.5. The van der Waals surface area contributed by atoms with Crippen LogP contribution in [0.4, 0.5) is 0 Å². The van der Waals surface area contributed by atoms with Crippen molar-refractivity contribution in [1.29, 1.82) is 0 Å². The average molecular weight is 384 g/mol. The van der Waals surface area contributed by atoms with Gasteiger partial charge in [0.05, 0.1) is 12.2 Å². The number of nitrogens with zero attached hydrogens (tertiary/aromatic N) is 3. The SMILES string of the molecule is CC(C)c1ccc(-n2c(O)c(C=NCCN3CCCCC3)c(=O)[nH]c2=O)cc1. The van der Waals surface area contributed by atoms with Crippen molar-refractivity contribution in [2.45, 2.75) is 39.0 Å². The molecule has 0 saturated carbocycles. The van der Waals surface area contributed by atoms with Crippen LogP contribution in [0.5, 0.6) is 5.88 Å². The molecule has 2 N–H and O–H groups in total. The van der Waals surface area contributed by atoms with Gasteiger partial charge >= 0.3 is 5.69 Å². The van der Waals surface area contributed by atoms with Crippen LogP contribution in [0.1, 0.15) is 50.2 Å². The molecule has 2 aromatic rings. The molecule has 7 nitrogen and oxygen atoms in total. The monoisotopic (exact) mass is 384 g/mol. The Kier molecular flexibility index (Phi) is 6.46. The van der Waals surface area contributed by atoms with Crippen molar-refractivity contribution in [2.75, 3.05) is 26.2 Å². The summed E-state index contributed by atoms with van der Waals surface area (Å²) in [5, 5.41) is 10.6. The molecule has 0 aliphatic carbocycles. The van der Waals surface area contributed by atoms with Crippen LogP contribution < -0.4 is 11.2 Å². The highest BCUT2D eigenvalue weighted by molar-refractivity contribution is 5.82. The zero-order valence-electron chi connectivity index (χ0n) is 16.5. The van der Waals surface area contributed by atoms with E-state index in [-0.39, 0.29) is 5.56 Å². The molecule has 0 unspecified atom stereocenters. The van der Waals surface area contributed by atoms with Crippen LogP contribution in [0.25, 0.3) is 5.69 Å². The molecule has 0 amide bonds. The van der Waals surface area contributed by atoms with Crippen molar-refractivity contribution < 1.29 is 5.11 Å². The Morgan fingerprint density at radius 1 is 1.14 bits per heavy atom. The van der Waals surface area contributed by atoms with Crippen LogP contribution >= 0.6 is 0 Å². The Hall–Kier alpha value is -2.67. The maximum atomic E-state index is 12.3. The molecule has 1 aliphatic rings. The number of hydrogen-bond donors (Lipinski definition) is 2. The van der Waals surface area contributed by atoms with E-state index in [1.165, 1.54) is 25.5 Å². The Balaban J connectivity index is 1.82. The highest BCUT2D eigenvalue weighted by atomic mass is 16.3. The molecule has 0 spiro atoms. The van der Waals surface area contributed by atoms with Crippen molar-refractivity contribution in [3.05, 3.63) is 56.2 Å². The quantitative estimate of drug-likeness (QED) is 0.748. The van der Waals surface area contributed by atoms with Crippen molar-refractivity contribution >= 4 is 6.21 Å². The van der Waals surface area contributed by atoms with Gasteiger partial charge < -0.3 is 10.0 Å².